The van der Waals surface area contributed by atoms with Crippen LogP contribution in [0, 0.1) is 11.8 Å². The van der Waals surface area contributed by atoms with Crippen molar-refractivity contribution in [3.05, 3.63) is 29.3 Å². The van der Waals surface area contributed by atoms with Gasteiger partial charge in [-0.15, -0.1) is 0 Å². The first-order valence-electron chi connectivity index (χ1n) is 7.41. The van der Waals surface area contributed by atoms with Crippen LogP contribution in [0.25, 0.3) is 0 Å². The Labute approximate surface area is 121 Å². The van der Waals surface area contributed by atoms with Crippen molar-refractivity contribution in [2.45, 2.75) is 33.7 Å². The molecule has 1 fully saturated rings. The second-order valence-corrected chi connectivity index (χ2v) is 6.06. The van der Waals surface area contributed by atoms with Crippen molar-refractivity contribution in [1.82, 2.24) is 4.90 Å². The molecule has 0 amide bonds. The fourth-order valence-electron chi connectivity index (χ4n) is 2.85. The Morgan fingerprint density at radius 2 is 2.10 bits per heavy atom. The molecular weight excluding hydrogens is 250 g/mol. The number of carbonyl (C=O) groups is 1. The van der Waals surface area contributed by atoms with E-state index < -0.39 is 0 Å². The lowest BCUT2D eigenvalue weighted by Crippen LogP contribution is -2.37. The highest BCUT2D eigenvalue weighted by Crippen LogP contribution is 2.27. The summed E-state index contributed by atoms with van der Waals surface area (Å²) in [7, 11) is 1.69. The summed E-state index contributed by atoms with van der Waals surface area (Å²) in [6.07, 6.45) is 1.25. The molecule has 0 aromatic heterocycles. The SMILES string of the molecule is COc1ccc(C(C)=O)cc1CN1CCC(C)C(C)C1. The fraction of sp³-hybridized carbons (Fsp3) is 0.588. The van der Waals surface area contributed by atoms with Gasteiger partial charge < -0.3 is 4.74 Å². The van der Waals surface area contributed by atoms with Gasteiger partial charge in [0.15, 0.2) is 5.78 Å². The molecule has 2 rings (SSSR count). The summed E-state index contributed by atoms with van der Waals surface area (Å²) in [6.45, 7) is 9.37. The highest BCUT2D eigenvalue weighted by atomic mass is 16.5. The minimum Gasteiger partial charge on any atom is -0.496 e. The topological polar surface area (TPSA) is 29.5 Å². The molecule has 1 aromatic carbocycles. The van der Waals surface area contributed by atoms with E-state index in [-0.39, 0.29) is 5.78 Å². The van der Waals surface area contributed by atoms with E-state index in [1.807, 2.05) is 18.2 Å². The van der Waals surface area contributed by atoms with Crippen LogP contribution in [0.15, 0.2) is 18.2 Å². The summed E-state index contributed by atoms with van der Waals surface area (Å²) >= 11 is 0. The zero-order chi connectivity index (χ0) is 14.7. The molecular formula is C17H25NO2. The van der Waals surface area contributed by atoms with E-state index in [1.165, 1.54) is 6.42 Å². The monoisotopic (exact) mass is 275 g/mol. The molecule has 2 atom stereocenters. The summed E-state index contributed by atoms with van der Waals surface area (Å²) in [6, 6.07) is 5.72. The number of carbonyl (C=O) groups excluding carboxylic acids is 1. The normalized spacial score (nSPS) is 23.6. The number of likely N-dealkylation sites (tertiary alicyclic amines) is 1. The molecule has 0 bridgehead atoms. The van der Waals surface area contributed by atoms with Gasteiger partial charge in [0.1, 0.15) is 5.75 Å². The third-order valence-corrected chi connectivity index (χ3v) is 4.50. The van der Waals surface area contributed by atoms with Crippen LogP contribution in [0.5, 0.6) is 5.75 Å². The Kier molecular flexibility index (Phi) is 4.81. The third-order valence-electron chi connectivity index (χ3n) is 4.50. The van der Waals surface area contributed by atoms with Gasteiger partial charge in [0.05, 0.1) is 7.11 Å². The molecule has 1 saturated heterocycles. The molecule has 3 heteroatoms. The van der Waals surface area contributed by atoms with Crippen molar-refractivity contribution in [3.8, 4) is 5.75 Å². The lowest BCUT2D eigenvalue weighted by atomic mass is 9.88. The summed E-state index contributed by atoms with van der Waals surface area (Å²) in [5, 5.41) is 0. The van der Waals surface area contributed by atoms with Crippen molar-refractivity contribution in [1.29, 1.82) is 0 Å². The van der Waals surface area contributed by atoms with Crippen LogP contribution in [-0.2, 0) is 6.54 Å². The lowest BCUT2D eigenvalue weighted by molar-refractivity contribution is 0.101. The number of piperidine rings is 1. The second-order valence-electron chi connectivity index (χ2n) is 6.06. The average molecular weight is 275 g/mol. The van der Waals surface area contributed by atoms with E-state index in [1.54, 1.807) is 14.0 Å². The Morgan fingerprint density at radius 3 is 2.70 bits per heavy atom. The smallest absolute Gasteiger partial charge is 0.159 e. The maximum Gasteiger partial charge on any atom is 0.159 e. The maximum atomic E-state index is 11.5. The lowest BCUT2D eigenvalue weighted by Gasteiger charge is -2.35. The van der Waals surface area contributed by atoms with Crippen LogP contribution in [-0.4, -0.2) is 30.9 Å². The Balaban J connectivity index is 2.15. The Morgan fingerprint density at radius 1 is 1.35 bits per heavy atom. The molecule has 1 aliphatic heterocycles. The van der Waals surface area contributed by atoms with Gasteiger partial charge in [-0.1, -0.05) is 13.8 Å². The first kappa shape index (κ1) is 15.0. The highest BCUT2D eigenvalue weighted by molar-refractivity contribution is 5.94. The van der Waals surface area contributed by atoms with Crippen LogP contribution in [0.4, 0.5) is 0 Å². The number of hydrogen-bond donors (Lipinski definition) is 0. The summed E-state index contributed by atoms with van der Waals surface area (Å²) in [4.78, 5) is 14.0. The van der Waals surface area contributed by atoms with Crippen molar-refractivity contribution < 1.29 is 9.53 Å². The van der Waals surface area contributed by atoms with Crippen LogP contribution in [0.1, 0.15) is 43.1 Å². The molecule has 0 N–H and O–H groups in total. The van der Waals surface area contributed by atoms with Gasteiger partial charge in [-0.05, 0) is 49.9 Å². The first-order chi connectivity index (χ1) is 9.51. The van der Waals surface area contributed by atoms with Crippen LogP contribution >= 0.6 is 0 Å². The van der Waals surface area contributed by atoms with Gasteiger partial charge in [0, 0.05) is 24.2 Å². The van der Waals surface area contributed by atoms with E-state index in [4.69, 9.17) is 4.74 Å². The number of hydrogen-bond acceptors (Lipinski definition) is 3. The van der Waals surface area contributed by atoms with Gasteiger partial charge >= 0.3 is 0 Å². The van der Waals surface area contributed by atoms with Crippen molar-refractivity contribution in [2.24, 2.45) is 11.8 Å². The summed E-state index contributed by atoms with van der Waals surface area (Å²) in [5.41, 5.74) is 1.88. The molecule has 20 heavy (non-hydrogen) atoms. The molecule has 110 valence electrons. The minimum absolute atomic E-state index is 0.106. The van der Waals surface area contributed by atoms with Gasteiger partial charge in [0.25, 0.3) is 0 Å². The van der Waals surface area contributed by atoms with Gasteiger partial charge in [-0.2, -0.15) is 0 Å². The summed E-state index contributed by atoms with van der Waals surface area (Å²) < 4.78 is 5.43. The standard InChI is InChI=1S/C17H25NO2/c1-12-7-8-18(10-13(12)2)11-16-9-15(14(3)19)5-6-17(16)20-4/h5-6,9,12-13H,7-8,10-11H2,1-4H3. The number of rotatable bonds is 4. The Bertz CT molecular complexity index is 484. The molecule has 1 heterocycles. The number of ether oxygens (including phenoxy) is 1. The van der Waals surface area contributed by atoms with Crippen molar-refractivity contribution in [2.75, 3.05) is 20.2 Å². The average Bonchev–Trinajstić information content (AvgIpc) is 2.42. The predicted molar refractivity (Wildman–Crippen MR) is 81.2 cm³/mol. The molecule has 1 aromatic rings. The highest BCUT2D eigenvalue weighted by Gasteiger charge is 2.23. The number of methoxy groups -OCH3 is 1. The van der Waals surface area contributed by atoms with E-state index in [2.05, 4.69) is 18.7 Å². The summed E-state index contributed by atoms with van der Waals surface area (Å²) in [5.74, 6) is 2.51. The van der Waals surface area contributed by atoms with Gasteiger partial charge in [-0.3, -0.25) is 9.69 Å². The zero-order valence-corrected chi connectivity index (χ0v) is 13.0. The van der Waals surface area contributed by atoms with E-state index in [0.717, 1.165) is 48.3 Å². The van der Waals surface area contributed by atoms with Gasteiger partial charge in [-0.25, -0.2) is 0 Å². The predicted octanol–water partition coefficient (Wildman–Crippen LogP) is 3.38. The van der Waals surface area contributed by atoms with E-state index in [0.29, 0.717) is 0 Å². The quantitative estimate of drug-likeness (QED) is 0.789. The largest absolute Gasteiger partial charge is 0.496 e. The van der Waals surface area contributed by atoms with Crippen LogP contribution in [0.3, 0.4) is 0 Å². The van der Waals surface area contributed by atoms with E-state index >= 15 is 0 Å². The van der Waals surface area contributed by atoms with Gasteiger partial charge in [0.2, 0.25) is 0 Å². The zero-order valence-electron chi connectivity index (χ0n) is 13.0. The maximum absolute atomic E-state index is 11.5. The van der Waals surface area contributed by atoms with Crippen molar-refractivity contribution in [3.63, 3.8) is 0 Å². The fourth-order valence-corrected chi connectivity index (χ4v) is 2.85. The molecule has 0 radical (unpaired) electrons. The van der Waals surface area contributed by atoms with Crippen molar-refractivity contribution >= 4 is 5.78 Å². The molecule has 3 nitrogen and oxygen atoms in total. The second kappa shape index (κ2) is 6.40. The molecule has 0 saturated carbocycles. The Hall–Kier alpha value is -1.35. The number of nitrogens with zero attached hydrogens (tertiary/aromatic N) is 1. The third kappa shape index (κ3) is 3.40. The van der Waals surface area contributed by atoms with E-state index in [9.17, 15) is 4.79 Å². The van der Waals surface area contributed by atoms with Crippen LogP contribution < -0.4 is 4.74 Å². The van der Waals surface area contributed by atoms with Crippen LogP contribution in [0.2, 0.25) is 0 Å². The number of Topliss-reactive ketones (excluding diaryl/α,β-unsaturated/α-hetero) is 1. The molecule has 1 aliphatic rings. The number of benzene rings is 1. The molecule has 0 aliphatic carbocycles. The molecule has 2 unspecified atom stereocenters. The number of ketones is 1. The molecule has 0 spiro atoms. The minimum atomic E-state index is 0.106. The first-order valence-corrected chi connectivity index (χ1v) is 7.41.